The van der Waals surface area contributed by atoms with Crippen molar-refractivity contribution in [2.75, 3.05) is 26.2 Å². The molecule has 8 nitrogen and oxygen atoms in total. The van der Waals surface area contributed by atoms with Gasteiger partial charge in [-0.3, -0.25) is 4.90 Å². The first-order chi connectivity index (χ1) is 20.4. The second-order valence-corrected chi connectivity index (χ2v) is 11.1. The zero-order valence-electron chi connectivity index (χ0n) is 24.0. The van der Waals surface area contributed by atoms with E-state index in [0.29, 0.717) is 13.1 Å². The molecule has 3 aromatic rings. The van der Waals surface area contributed by atoms with Crippen LogP contribution < -0.4 is 5.32 Å². The average Bonchev–Trinajstić information content (AvgIpc) is 3.44. The number of benzene rings is 3. The molecule has 5 rings (SSSR count). The van der Waals surface area contributed by atoms with Crippen LogP contribution in [0.1, 0.15) is 48.0 Å². The fourth-order valence-electron chi connectivity index (χ4n) is 5.61. The topological polar surface area (TPSA) is 100 Å². The van der Waals surface area contributed by atoms with Crippen molar-refractivity contribution >= 4 is 6.09 Å². The van der Waals surface area contributed by atoms with E-state index in [9.17, 15) is 15.0 Å². The number of aliphatic hydroxyl groups is 2. The number of carbonyl (C=O) groups is 1. The number of ether oxygens (including phenoxy) is 3. The Morgan fingerprint density at radius 3 is 2.50 bits per heavy atom. The van der Waals surface area contributed by atoms with Crippen LogP contribution in [0.4, 0.5) is 4.79 Å². The van der Waals surface area contributed by atoms with E-state index in [4.69, 9.17) is 14.2 Å². The maximum absolute atomic E-state index is 11.8. The highest BCUT2D eigenvalue weighted by Crippen LogP contribution is 2.42. The van der Waals surface area contributed by atoms with Crippen LogP contribution in [0.5, 0.6) is 0 Å². The van der Waals surface area contributed by atoms with E-state index >= 15 is 0 Å². The Morgan fingerprint density at radius 2 is 1.81 bits per heavy atom. The summed E-state index contributed by atoms with van der Waals surface area (Å²) in [5.74, 6) is 0.0867. The smallest absolute Gasteiger partial charge is 0.407 e. The highest BCUT2D eigenvalue weighted by Gasteiger charge is 2.39. The molecule has 0 spiro atoms. The number of nitrogens with zero attached hydrogens (tertiary/aromatic N) is 1. The number of rotatable bonds is 10. The fourth-order valence-corrected chi connectivity index (χ4v) is 5.61. The first-order valence-electron chi connectivity index (χ1n) is 14.6. The second kappa shape index (κ2) is 14.1. The molecule has 8 heteroatoms. The molecule has 2 heterocycles. The summed E-state index contributed by atoms with van der Waals surface area (Å²) in [6, 6.07) is 24.1. The van der Waals surface area contributed by atoms with Gasteiger partial charge in [0, 0.05) is 37.7 Å². The van der Waals surface area contributed by atoms with Crippen LogP contribution in [0.2, 0.25) is 0 Å². The van der Waals surface area contributed by atoms with Crippen LogP contribution in [0, 0.1) is 5.92 Å². The lowest BCUT2D eigenvalue weighted by Crippen LogP contribution is -2.44. The van der Waals surface area contributed by atoms with Crippen molar-refractivity contribution in [3.05, 3.63) is 108 Å². The molecule has 5 atom stereocenters. The van der Waals surface area contributed by atoms with E-state index in [0.717, 1.165) is 52.9 Å². The largest absolute Gasteiger partial charge is 0.445 e. The van der Waals surface area contributed by atoms with Crippen molar-refractivity contribution < 1.29 is 29.2 Å². The number of amides is 1. The van der Waals surface area contributed by atoms with E-state index in [1.165, 1.54) is 6.08 Å². The van der Waals surface area contributed by atoms with Gasteiger partial charge in [-0.1, -0.05) is 86.3 Å². The number of nitrogens with one attached hydrogen (secondary N) is 1. The van der Waals surface area contributed by atoms with Crippen molar-refractivity contribution in [2.45, 2.75) is 51.1 Å². The molecule has 42 heavy (non-hydrogen) atoms. The van der Waals surface area contributed by atoms with Gasteiger partial charge in [0.15, 0.2) is 6.29 Å². The molecule has 2 aliphatic heterocycles. The lowest BCUT2D eigenvalue weighted by atomic mass is 9.90. The van der Waals surface area contributed by atoms with Gasteiger partial charge in [0.05, 0.1) is 24.9 Å². The zero-order chi connectivity index (χ0) is 29.5. The fraction of sp³-hybridized carbons (Fsp3) is 0.382. The Kier molecular flexibility index (Phi) is 10.0. The van der Waals surface area contributed by atoms with Crippen molar-refractivity contribution in [1.29, 1.82) is 0 Å². The van der Waals surface area contributed by atoms with Crippen molar-refractivity contribution in [3.8, 4) is 11.1 Å². The zero-order valence-corrected chi connectivity index (χ0v) is 24.0. The van der Waals surface area contributed by atoms with E-state index in [2.05, 4.69) is 35.9 Å². The number of carbonyl (C=O) groups excluding carboxylic acids is 1. The van der Waals surface area contributed by atoms with Gasteiger partial charge in [-0.25, -0.2) is 4.79 Å². The van der Waals surface area contributed by atoms with Crippen LogP contribution in [0.25, 0.3) is 11.1 Å². The maximum atomic E-state index is 11.8. The highest BCUT2D eigenvalue weighted by molar-refractivity contribution is 5.68. The van der Waals surface area contributed by atoms with Gasteiger partial charge in [0.2, 0.25) is 0 Å². The van der Waals surface area contributed by atoms with Crippen LogP contribution in [-0.2, 0) is 27.4 Å². The normalized spacial score (nSPS) is 24.3. The molecule has 1 amide bonds. The predicted molar refractivity (Wildman–Crippen MR) is 160 cm³/mol. The Balaban J connectivity index is 1.32. The molecule has 3 N–H and O–H groups in total. The second-order valence-electron chi connectivity index (χ2n) is 11.1. The minimum Gasteiger partial charge on any atom is -0.445 e. The summed E-state index contributed by atoms with van der Waals surface area (Å²) in [6.07, 6.45) is 0.731. The number of hydrogen-bond acceptors (Lipinski definition) is 7. The van der Waals surface area contributed by atoms with Crippen molar-refractivity contribution in [3.63, 3.8) is 0 Å². The van der Waals surface area contributed by atoms with Crippen LogP contribution in [-0.4, -0.2) is 59.7 Å². The SMILES string of the molecule is C=CCOC(=O)NCc1cccc(-c2ccc([C@H]3O[C@@H](CN4CC[C@H](O)C4)[C@@H](C)[C@@H](c4ccc(CO)cc4)O3)cc2)c1. The first kappa shape index (κ1) is 29.9. The summed E-state index contributed by atoms with van der Waals surface area (Å²) in [5.41, 5.74) is 5.88. The van der Waals surface area contributed by atoms with Gasteiger partial charge >= 0.3 is 6.09 Å². The van der Waals surface area contributed by atoms with E-state index in [1.54, 1.807) is 0 Å². The maximum Gasteiger partial charge on any atom is 0.407 e. The minimum absolute atomic E-state index is 0.00104. The molecule has 0 radical (unpaired) electrons. The molecule has 2 saturated heterocycles. The molecule has 0 bridgehead atoms. The van der Waals surface area contributed by atoms with Gasteiger partial charge < -0.3 is 29.7 Å². The third kappa shape index (κ3) is 7.45. The summed E-state index contributed by atoms with van der Waals surface area (Å²) in [4.78, 5) is 14.1. The van der Waals surface area contributed by atoms with Gasteiger partial charge in [0.25, 0.3) is 0 Å². The van der Waals surface area contributed by atoms with Crippen LogP contribution in [0.3, 0.4) is 0 Å². The number of likely N-dealkylation sites (tertiary alicyclic amines) is 1. The Hall–Kier alpha value is -3.53. The Bertz CT molecular complexity index is 1330. The summed E-state index contributed by atoms with van der Waals surface area (Å²) in [6.45, 7) is 8.48. The standard InChI is InChI=1S/C34H40N2O6/c1-3-17-40-34(39)35-19-25-5-4-6-29(18-25)26-11-13-28(14-12-26)33-41-31(21-36-16-15-30(38)20-36)23(2)32(42-33)27-9-7-24(22-37)8-10-27/h3-14,18,23,30-33,37-38H,1,15-17,19-22H2,2H3,(H,35,39)/t23-,30+,31+,32+,33+/m1/s1. The molecular formula is C34H40N2O6. The molecule has 0 unspecified atom stereocenters. The van der Waals surface area contributed by atoms with Gasteiger partial charge in [-0.05, 0) is 40.3 Å². The first-order valence-corrected chi connectivity index (χ1v) is 14.6. The third-order valence-corrected chi connectivity index (χ3v) is 8.02. The molecule has 0 aliphatic carbocycles. The van der Waals surface area contributed by atoms with Gasteiger partial charge in [0.1, 0.15) is 6.61 Å². The van der Waals surface area contributed by atoms with E-state index < -0.39 is 12.4 Å². The number of β-amino-alcohol motifs (C(OH)–C–C–N with tert-alkyl or cyclic N) is 1. The summed E-state index contributed by atoms with van der Waals surface area (Å²) in [7, 11) is 0. The highest BCUT2D eigenvalue weighted by atomic mass is 16.7. The molecule has 3 aromatic carbocycles. The Labute approximate surface area is 247 Å². The third-order valence-electron chi connectivity index (χ3n) is 8.02. The lowest BCUT2D eigenvalue weighted by molar-refractivity contribution is -0.276. The minimum atomic E-state index is -0.549. The molecule has 2 aliphatic rings. The van der Waals surface area contributed by atoms with Crippen molar-refractivity contribution in [2.24, 2.45) is 5.92 Å². The number of aliphatic hydroxyl groups excluding tert-OH is 2. The number of hydrogen-bond donors (Lipinski definition) is 3. The summed E-state index contributed by atoms with van der Waals surface area (Å²) in [5, 5.41) is 22.3. The monoisotopic (exact) mass is 572 g/mol. The lowest BCUT2D eigenvalue weighted by Gasteiger charge is -2.42. The molecule has 222 valence electrons. The van der Waals surface area contributed by atoms with Gasteiger partial charge in [-0.15, -0.1) is 0 Å². The van der Waals surface area contributed by atoms with Crippen molar-refractivity contribution in [1.82, 2.24) is 10.2 Å². The molecule has 2 fully saturated rings. The van der Waals surface area contributed by atoms with E-state index in [1.807, 2.05) is 60.7 Å². The molecular weight excluding hydrogens is 532 g/mol. The summed E-state index contributed by atoms with van der Waals surface area (Å²) >= 11 is 0. The Morgan fingerprint density at radius 1 is 1.05 bits per heavy atom. The molecule has 0 saturated carbocycles. The summed E-state index contributed by atoms with van der Waals surface area (Å²) < 4.78 is 18.2. The van der Waals surface area contributed by atoms with E-state index in [-0.39, 0.29) is 37.4 Å². The quantitative estimate of drug-likeness (QED) is 0.290. The molecule has 0 aromatic heterocycles. The predicted octanol–water partition coefficient (Wildman–Crippen LogP) is 5.12. The van der Waals surface area contributed by atoms with Crippen LogP contribution in [0.15, 0.2) is 85.5 Å². The van der Waals surface area contributed by atoms with Gasteiger partial charge in [-0.2, -0.15) is 0 Å². The average molecular weight is 573 g/mol. The van der Waals surface area contributed by atoms with Crippen LogP contribution >= 0.6 is 0 Å². The number of alkyl carbamates (subject to hydrolysis) is 1.